The Balaban J connectivity index is 2.13. The van der Waals surface area contributed by atoms with Crippen LogP contribution >= 0.6 is 0 Å². The highest BCUT2D eigenvalue weighted by molar-refractivity contribution is 5.65. The summed E-state index contributed by atoms with van der Waals surface area (Å²) < 4.78 is 29.0. The summed E-state index contributed by atoms with van der Waals surface area (Å²) in [6.07, 6.45) is 3.60. The molecule has 1 heterocycles. The lowest BCUT2D eigenvalue weighted by molar-refractivity contribution is 0.324. The van der Waals surface area contributed by atoms with E-state index in [1.54, 1.807) is 41.7 Å². The fourth-order valence-corrected chi connectivity index (χ4v) is 2.91. The molecule has 1 aromatic heterocycles. The fraction of sp³-hybridized carbons (Fsp3) is 0.250. The molecule has 7 heteroatoms. The van der Waals surface area contributed by atoms with Gasteiger partial charge in [-0.2, -0.15) is 0 Å². The molecule has 3 aromatic rings. The molecule has 0 bridgehead atoms. The van der Waals surface area contributed by atoms with Gasteiger partial charge in [0.2, 0.25) is 5.75 Å². The van der Waals surface area contributed by atoms with Crippen LogP contribution in [0.1, 0.15) is 0 Å². The third-order valence-electron chi connectivity index (χ3n) is 4.21. The Morgan fingerprint density at radius 3 is 1.89 bits per heavy atom. The van der Waals surface area contributed by atoms with Gasteiger partial charge in [0.05, 0.1) is 41.2 Å². The van der Waals surface area contributed by atoms with Crippen molar-refractivity contribution in [3.05, 3.63) is 42.7 Å². The molecule has 0 amide bonds. The van der Waals surface area contributed by atoms with Gasteiger partial charge in [0, 0.05) is 30.1 Å². The number of aromatic nitrogens is 2. The first kappa shape index (κ1) is 18.4. The summed E-state index contributed by atoms with van der Waals surface area (Å²) in [5.41, 5.74) is 1.71. The van der Waals surface area contributed by atoms with E-state index in [4.69, 9.17) is 23.7 Å². The van der Waals surface area contributed by atoms with Crippen molar-refractivity contribution in [1.82, 2.24) is 9.55 Å². The van der Waals surface area contributed by atoms with Crippen molar-refractivity contribution in [2.75, 3.05) is 35.5 Å². The predicted octanol–water partition coefficient (Wildman–Crippen LogP) is 3.58. The first-order valence-corrected chi connectivity index (χ1v) is 8.23. The standard InChI is InChI=1S/C20H22N2O5/c1-23-15-7-6-13(10-16(15)24-2)20-21-8-9-22(20)14-11-17(25-3)19(27-5)18(12-14)26-4/h6-12H,1-5H3. The maximum Gasteiger partial charge on any atom is 0.203 e. The summed E-state index contributed by atoms with van der Waals surface area (Å²) in [6.45, 7) is 0. The van der Waals surface area contributed by atoms with Crippen LogP contribution in [0.25, 0.3) is 17.1 Å². The smallest absolute Gasteiger partial charge is 0.203 e. The van der Waals surface area contributed by atoms with E-state index < -0.39 is 0 Å². The number of rotatable bonds is 7. The molecule has 0 N–H and O–H groups in total. The largest absolute Gasteiger partial charge is 0.493 e. The first-order chi connectivity index (χ1) is 13.2. The average Bonchev–Trinajstić information content (AvgIpc) is 3.21. The minimum absolute atomic E-state index is 0.538. The zero-order valence-electron chi connectivity index (χ0n) is 16.0. The van der Waals surface area contributed by atoms with E-state index >= 15 is 0 Å². The fourth-order valence-electron chi connectivity index (χ4n) is 2.91. The minimum Gasteiger partial charge on any atom is -0.493 e. The van der Waals surface area contributed by atoms with Crippen molar-refractivity contribution in [3.8, 4) is 45.8 Å². The zero-order valence-corrected chi connectivity index (χ0v) is 16.0. The van der Waals surface area contributed by atoms with Crippen LogP contribution in [-0.4, -0.2) is 45.1 Å². The summed E-state index contributed by atoms with van der Waals surface area (Å²) in [5, 5.41) is 0. The Morgan fingerprint density at radius 1 is 0.704 bits per heavy atom. The highest BCUT2D eigenvalue weighted by Crippen LogP contribution is 2.40. The second kappa shape index (κ2) is 7.90. The molecule has 142 valence electrons. The summed E-state index contributed by atoms with van der Waals surface area (Å²) >= 11 is 0. The molecule has 27 heavy (non-hydrogen) atoms. The van der Waals surface area contributed by atoms with Gasteiger partial charge in [-0.15, -0.1) is 0 Å². The first-order valence-electron chi connectivity index (χ1n) is 8.23. The maximum atomic E-state index is 5.45. The van der Waals surface area contributed by atoms with E-state index in [0.29, 0.717) is 28.7 Å². The van der Waals surface area contributed by atoms with Crippen molar-refractivity contribution in [2.45, 2.75) is 0 Å². The molecule has 0 spiro atoms. The average molecular weight is 370 g/mol. The number of hydrogen-bond donors (Lipinski definition) is 0. The normalized spacial score (nSPS) is 10.4. The van der Waals surface area contributed by atoms with E-state index in [0.717, 1.165) is 17.1 Å². The van der Waals surface area contributed by atoms with E-state index in [1.165, 1.54) is 0 Å². The Kier molecular flexibility index (Phi) is 5.40. The number of imidazole rings is 1. The quantitative estimate of drug-likeness (QED) is 0.633. The van der Waals surface area contributed by atoms with Gasteiger partial charge in [0.15, 0.2) is 23.0 Å². The monoisotopic (exact) mass is 370 g/mol. The van der Waals surface area contributed by atoms with E-state index in [-0.39, 0.29) is 0 Å². The number of nitrogens with zero attached hydrogens (tertiary/aromatic N) is 2. The summed E-state index contributed by atoms with van der Waals surface area (Å²) in [6, 6.07) is 9.40. The van der Waals surface area contributed by atoms with Crippen molar-refractivity contribution in [1.29, 1.82) is 0 Å². The minimum atomic E-state index is 0.538. The van der Waals surface area contributed by atoms with Gasteiger partial charge in [-0.1, -0.05) is 0 Å². The zero-order chi connectivity index (χ0) is 19.4. The second-order valence-electron chi connectivity index (χ2n) is 5.57. The molecular formula is C20H22N2O5. The molecule has 0 fully saturated rings. The van der Waals surface area contributed by atoms with Crippen molar-refractivity contribution < 1.29 is 23.7 Å². The van der Waals surface area contributed by atoms with Crippen LogP contribution in [0.5, 0.6) is 28.7 Å². The molecule has 0 aliphatic rings. The van der Waals surface area contributed by atoms with Crippen LogP contribution in [0.3, 0.4) is 0 Å². The van der Waals surface area contributed by atoms with Crippen LogP contribution in [-0.2, 0) is 0 Å². The van der Waals surface area contributed by atoms with E-state index in [1.807, 2.05) is 41.1 Å². The van der Waals surface area contributed by atoms with Gasteiger partial charge < -0.3 is 23.7 Å². The summed E-state index contributed by atoms with van der Waals surface area (Å²) in [7, 11) is 7.96. The van der Waals surface area contributed by atoms with Crippen molar-refractivity contribution >= 4 is 0 Å². The molecule has 0 radical (unpaired) electrons. The number of benzene rings is 2. The third-order valence-corrected chi connectivity index (χ3v) is 4.21. The molecule has 0 saturated heterocycles. The Hall–Kier alpha value is -3.35. The lowest BCUT2D eigenvalue weighted by atomic mass is 10.1. The van der Waals surface area contributed by atoms with Crippen LogP contribution in [0, 0.1) is 0 Å². The van der Waals surface area contributed by atoms with Gasteiger partial charge in [0.1, 0.15) is 5.82 Å². The number of ether oxygens (including phenoxy) is 5. The van der Waals surface area contributed by atoms with Gasteiger partial charge in [-0.05, 0) is 18.2 Å². The maximum absolute atomic E-state index is 5.45. The molecule has 0 aliphatic heterocycles. The Morgan fingerprint density at radius 2 is 1.33 bits per heavy atom. The van der Waals surface area contributed by atoms with Gasteiger partial charge >= 0.3 is 0 Å². The molecule has 0 aliphatic carbocycles. The highest BCUT2D eigenvalue weighted by Gasteiger charge is 2.17. The Bertz CT molecular complexity index is 911. The molecule has 0 atom stereocenters. The topological polar surface area (TPSA) is 64.0 Å². The number of methoxy groups -OCH3 is 5. The number of hydrogen-bond acceptors (Lipinski definition) is 6. The highest BCUT2D eigenvalue weighted by atomic mass is 16.5. The van der Waals surface area contributed by atoms with Crippen LogP contribution < -0.4 is 23.7 Å². The molecule has 0 unspecified atom stereocenters. The van der Waals surface area contributed by atoms with Crippen molar-refractivity contribution in [3.63, 3.8) is 0 Å². The van der Waals surface area contributed by atoms with Gasteiger partial charge in [-0.25, -0.2) is 4.98 Å². The Labute approximate surface area is 158 Å². The van der Waals surface area contributed by atoms with Crippen LogP contribution in [0.15, 0.2) is 42.7 Å². The van der Waals surface area contributed by atoms with Crippen molar-refractivity contribution in [2.24, 2.45) is 0 Å². The lowest BCUT2D eigenvalue weighted by Gasteiger charge is -2.16. The lowest BCUT2D eigenvalue weighted by Crippen LogP contribution is -2.01. The van der Waals surface area contributed by atoms with Gasteiger partial charge in [-0.3, -0.25) is 4.57 Å². The molecule has 7 nitrogen and oxygen atoms in total. The SMILES string of the molecule is COc1ccc(-c2nccn2-c2cc(OC)c(OC)c(OC)c2)cc1OC. The van der Waals surface area contributed by atoms with E-state index in [9.17, 15) is 0 Å². The van der Waals surface area contributed by atoms with Gasteiger partial charge in [0.25, 0.3) is 0 Å². The molecular weight excluding hydrogens is 348 g/mol. The second-order valence-corrected chi connectivity index (χ2v) is 5.57. The molecule has 0 saturated carbocycles. The summed E-state index contributed by atoms with van der Waals surface area (Å²) in [4.78, 5) is 4.50. The molecule has 2 aromatic carbocycles. The van der Waals surface area contributed by atoms with E-state index in [2.05, 4.69) is 4.98 Å². The molecule has 3 rings (SSSR count). The summed E-state index contributed by atoms with van der Waals surface area (Å²) in [5.74, 6) is 3.71. The van der Waals surface area contributed by atoms with Crippen LogP contribution in [0.2, 0.25) is 0 Å². The third kappa shape index (κ3) is 3.36. The van der Waals surface area contributed by atoms with Crippen LogP contribution in [0.4, 0.5) is 0 Å². The predicted molar refractivity (Wildman–Crippen MR) is 102 cm³/mol.